The molecule has 0 N–H and O–H groups in total. The van der Waals surface area contributed by atoms with Crippen LogP contribution in [0.1, 0.15) is 14.4 Å². The predicted molar refractivity (Wildman–Crippen MR) is 82.3 cm³/mol. The minimum atomic E-state index is -3.18. The average molecular weight is 372 g/mol. The summed E-state index contributed by atoms with van der Waals surface area (Å²) in [5.41, 5.74) is 1.66. The summed E-state index contributed by atoms with van der Waals surface area (Å²) < 4.78 is 24.1. The summed E-state index contributed by atoms with van der Waals surface area (Å²) in [6.45, 7) is 0. The van der Waals surface area contributed by atoms with E-state index < -0.39 is 13.1 Å². The molecule has 0 saturated heterocycles. The van der Waals surface area contributed by atoms with Gasteiger partial charge in [-0.2, -0.15) is 0 Å². The van der Waals surface area contributed by atoms with E-state index in [4.69, 9.17) is 0 Å². The Labute approximate surface area is 121 Å². The summed E-state index contributed by atoms with van der Waals surface area (Å²) in [4.78, 5) is 0. The van der Waals surface area contributed by atoms with Gasteiger partial charge in [0.25, 0.3) is 0 Å². The Morgan fingerprint density at radius 1 is 0.889 bits per heavy atom. The van der Waals surface area contributed by atoms with Gasteiger partial charge >= 0.3 is 0 Å². The summed E-state index contributed by atoms with van der Waals surface area (Å²) >= 11 is 1.99. The number of rotatable bonds is 4. The molecule has 18 heavy (non-hydrogen) atoms. The molecule has 0 bridgehead atoms. The van der Waals surface area contributed by atoms with E-state index in [1.807, 2.05) is 83.3 Å². The fourth-order valence-corrected chi connectivity index (χ4v) is 4.02. The highest BCUT2D eigenvalue weighted by atomic mass is 127. The monoisotopic (exact) mass is 372 g/mol. The average Bonchev–Trinajstić information content (AvgIpc) is 2.39. The fourth-order valence-electron chi connectivity index (χ4n) is 1.69. The number of sulfone groups is 1. The van der Waals surface area contributed by atoms with Crippen LogP contribution in [0.25, 0.3) is 0 Å². The molecule has 2 aromatic carbocycles. The molecule has 0 aliphatic carbocycles. The van der Waals surface area contributed by atoms with Gasteiger partial charge in [-0.3, -0.25) is 0 Å². The van der Waals surface area contributed by atoms with Gasteiger partial charge in [-0.25, -0.2) is 8.42 Å². The molecule has 2 nitrogen and oxygen atoms in total. The molecule has 1 atom stereocenters. The van der Waals surface area contributed by atoms with E-state index in [0.717, 1.165) is 11.1 Å². The first-order valence-corrected chi connectivity index (χ1v) is 8.50. The number of halogens is 1. The molecule has 2 rings (SSSR count). The number of hydrogen-bond donors (Lipinski definition) is 0. The third kappa shape index (κ3) is 3.32. The zero-order chi connectivity index (χ0) is 13.0. The van der Waals surface area contributed by atoms with Crippen molar-refractivity contribution in [2.75, 3.05) is 0 Å². The molecule has 2 aromatic rings. The highest BCUT2D eigenvalue weighted by Crippen LogP contribution is 2.31. The maximum Gasteiger partial charge on any atom is 0.170 e. The molecule has 1 unspecified atom stereocenters. The number of alkyl halides is 1. The third-order valence-corrected chi connectivity index (χ3v) is 7.27. The maximum absolute atomic E-state index is 12.3. The predicted octanol–water partition coefficient (Wildman–Crippen LogP) is 3.74. The summed E-state index contributed by atoms with van der Waals surface area (Å²) in [5.74, 6) is 0.0797. The Morgan fingerprint density at radius 2 is 1.39 bits per heavy atom. The van der Waals surface area contributed by atoms with Crippen molar-refractivity contribution < 1.29 is 8.42 Å². The van der Waals surface area contributed by atoms with E-state index in [1.54, 1.807) is 0 Å². The van der Waals surface area contributed by atoms with Crippen molar-refractivity contribution in [3.8, 4) is 0 Å². The Balaban J connectivity index is 2.22. The Kier molecular flexibility index (Phi) is 4.40. The normalized spacial score (nSPS) is 13.2. The van der Waals surface area contributed by atoms with Crippen molar-refractivity contribution in [3.63, 3.8) is 0 Å². The second-order valence-electron chi connectivity index (χ2n) is 4.02. The lowest BCUT2D eigenvalue weighted by Gasteiger charge is -2.11. The van der Waals surface area contributed by atoms with Crippen LogP contribution in [-0.2, 0) is 15.6 Å². The lowest BCUT2D eigenvalue weighted by Crippen LogP contribution is -2.10. The molecule has 0 aromatic heterocycles. The van der Waals surface area contributed by atoms with Crippen LogP contribution in [0.5, 0.6) is 0 Å². The Hall–Kier alpha value is -0.880. The third-order valence-electron chi connectivity index (χ3n) is 2.59. The molecular weight excluding hydrogens is 359 g/mol. The molecule has 0 amide bonds. The molecule has 0 aliphatic rings. The van der Waals surface area contributed by atoms with E-state index in [1.165, 1.54) is 0 Å². The first-order valence-electron chi connectivity index (χ1n) is 5.54. The van der Waals surface area contributed by atoms with Gasteiger partial charge in [-0.15, -0.1) is 0 Å². The quantitative estimate of drug-likeness (QED) is 0.605. The molecule has 0 fully saturated rings. The molecule has 0 spiro atoms. The van der Waals surface area contributed by atoms with Gasteiger partial charge in [0.2, 0.25) is 0 Å². The van der Waals surface area contributed by atoms with E-state index in [0.29, 0.717) is 0 Å². The highest BCUT2D eigenvalue weighted by Gasteiger charge is 2.24. The van der Waals surface area contributed by atoms with E-state index in [2.05, 4.69) is 0 Å². The minimum absolute atomic E-state index is 0.0797. The van der Waals surface area contributed by atoms with Crippen molar-refractivity contribution in [1.82, 2.24) is 0 Å². The number of benzene rings is 2. The summed E-state index contributed by atoms with van der Waals surface area (Å²) in [6.07, 6.45) is 0. The molecule has 0 aliphatic heterocycles. The summed E-state index contributed by atoms with van der Waals surface area (Å²) in [5, 5.41) is 0. The SMILES string of the molecule is O=S(=O)(Cc1ccccc1)C(I)c1ccccc1. The maximum atomic E-state index is 12.3. The smallest absolute Gasteiger partial charge is 0.170 e. The minimum Gasteiger partial charge on any atom is -0.227 e. The van der Waals surface area contributed by atoms with E-state index in [9.17, 15) is 8.42 Å². The van der Waals surface area contributed by atoms with Crippen molar-refractivity contribution in [3.05, 3.63) is 71.8 Å². The van der Waals surface area contributed by atoms with Gasteiger partial charge in [0.1, 0.15) is 3.26 Å². The van der Waals surface area contributed by atoms with Gasteiger partial charge in [-0.05, 0) is 11.1 Å². The Morgan fingerprint density at radius 3 is 1.94 bits per heavy atom. The molecule has 0 saturated carbocycles. The van der Waals surface area contributed by atoms with Gasteiger partial charge in [0, 0.05) is 0 Å². The number of hydrogen-bond acceptors (Lipinski definition) is 2. The first-order chi connectivity index (χ1) is 8.59. The van der Waals surface area contributed by atoms with E-state index in [-0.39, 0.29) is 5.75 Å². The second kappa shape index (κ2) is 5.84. The van der Waals surface area contributed by atoms with Crippen LogP contribution in [-0.4, -0.2) is 8.42 Å². The summed E-state index contributed by atoms with van der Waals surface area (Å²) in [7, 11) is -3.18. The molecule has 0 heterocycles. The topological polar surface area (TPSA) is 34.1 Å². The second-order valence-corrected chi connectivity index (χ2v) is 8.20. The van der Waals surface area contributed by atoms with E-state index >= 15 is 0 Å². The highest BCUT2D eigenvalue weighted by molar-refractivity contribution is 14.1. The molecule has 4 heteroatoms. The van der Waals surface area contributed by atoms with Crippen LogP contribution in [0.2, 0.25) is 0 Å². The van der Waals surface area contributed by atoms with Crippen molar-refractivity contribution >= 4 is 32.4 Å². The van der Waals surface area contributed by atoms with Crippen LogP contribution in [0.3, 0.4) is 0 Å². The zero-order valence-corrected chi connectivity index (χ0v) is 12.6. The lowest BCUT2D eigenvalue weighted by molar-refractivity contribution is 0.595. The van der Waals surface area contributed by atoms with Crippen molar-refractivity contribution in [2.24, 2.45) is 0 Å². The van der Waals surface area contributed by atoms with Crippen LogP contribution in [0.4, 0.5) is 0 Å². The molecule has 94 valence electrons. The fraction of sp³-hybridized carbons (Fsp3) is 0.143. The molecule has 0 radical (unpaired) electrons. The zero-order valence-electron chi connectivity index (χ0n) is 9.66. The lowest BCUT2D eigenvalue weighted by atomic mass is 10.2. The van der Waals surface area contributed by atoms with Gasteiger partial charge in [0.15, 0.2) is 9.84 Å². The van der Waals surface area contributed by atoms with Crippen LogP contribution in [0.15, 0.2) is 60.7 Å². The van der Waals surface area contributed by atoms with Crippen LogP contribution >= 0.6 is 22.6 Å². The Bertz CT molecular complexity index is 594. The van der Waals surface area contributed by atoms with Crippen molar-refractivity contribution in [1.29, 1.82) is 0 Å². The first kappa shape index (κ1) is 13.5. The van der Waals surface area contributed by atoms with Gasteiger partial charge in [-0.1, -0.05) is 83.3 Å². The standard InChI is InChI=1S/C14H13IO2S/c15-14(13-9-5-2-6-10-13)18(16,17)11-12-7-3-1-4-8-12/h1-10,14H,11H2. The van der Waals surface area contributed by atoms with Crippen molar-refractivity contribution in [2.45, 2.75) is 9.01 Å². The van der Waals surface area contributed by atoms with Gasteiger partial charge in [0.05, 0.1) is 5.75 Å². The van der Waals surface area contributed by atoms with Crippen LogP contribution < -0.4 is 0 Å². The summed E-state index contributed by atoms with van der Waals surface area (Å²) in [6, 6.07) is 18.6. The van der Waals surface area contributed by atoms with Gasteiger partial charge < -0.3 is 0 Å². The van der Waals surface area contributed by atoms with Crippen LogP contribution in [0, 0.1) is 0 Å². The molecular formula is C14H13IO2S. The largest absolute Gasteiger partial charge is 0.227 e.